The molecule has 2 fully saturated rings. The van der Waals surface area contributed by atoms with Crippen molar-refractivity contribution in [3.8, 4) is 5.75 Å². The summed E-state index contributed by atoms with van der Waals surface area (Å²) in [7, 11) is 0. The summed E-state index contributed by atoms with van der Waals surface area (Å²) in [6.45, 7) is 4.77. The molecule has 1 aromatic carbocycles. The first-order valence-corrected chi connectivity index (χ1v) is 11.2. The van der Waals surface area contributed by atoms with Crippen LogP contribution in [0.3, 0.4) is 0 Å². The van der Waals surface area contributed by atoms with Crippen LogP contribution in [0.15, 0.2) is 41.1 Å². The van der Waals surface area contributed by atoms with Crippen LogP contribution in [-0.4, -0.2) is 53.8 Å². The van der Waals surface area contributed by atoms with E-state index in [1.165, 1.54) is 50.4 Å². The summed E-state index contributed by atoms with van der Waals surface area (Å²) in [6, 6.07) is 9.95. The second-order valence-corrected chi connectivity index (χ2v) is 8.37. The number of carbonyl (C=O) groups excluding carboxylic acids is 1. The maximum absolute atomic E-state index is 12.3. The van der Waals surface area contributed by atoms with Crippen LogP contribution in [0, 0.1) is 5.92 Å². The molecule has 7 nitrogen and oxygen atoms in total. The van der Waals surface area contributed by atoms with E-state index < -0.39 is 0 Å². The van der Waals surface area contributed by atoms with Crippen molar-refractivity contribution in [3.63, 3.8) is 0 Å². The van der Waals surface area contributed by atoms with Gasteiger partial charge in [-0.05, 0) is 30.0 Å². The lowest BCUT2D eigenvalue weighted by Gasteiger charge is -2.34. The van der Waals surface area contributed by atoms with Crippen molar-refractivity contribution in [1.82, 2.24) is 15.0 Å². The Hall–Kier alpha value is -2.54. The topological polar surface area (TPSA) is 70.8 Å². The molecule has 2 aliphatic rings. The van der Waals surface area contributed by atoms with Crippen molar-refractivity contribution < 1.29 is 14.1 Å². The van der Waals surface area contributed by atoms with Gasteiger partial charge in [-0.2, -0.15) is 0 Å². The van der Waals surface area contributed by atoms with Crippen molar-refractivity contribution >= 4 is 11.8 Å². The van der Waals surface area contributed by atoms with Crippen molar-refractivity contribution in [2.75, 3.05) is 38.1 Å². The quantitative estimate of drug-likeness (QED) is 0.731. The second kappa shape index (κ2) is 10.5. The Bertz CT molecular complexity index is 782. The molecule has 1 aliphatic carbocycles. The van der Waals surface area contributed by atoms with E-state index in [0.29, 0.717) is 18.9 Å². The lowest BCUT2D eigenvalue weighted by molar-refractivity contribution is 0.142. The number of hydrogen-bond acceptors (Lipinski definition) is 5. The number of amides is 2. The van der Waals surface area contributed by atoms with Gasteiger partial charge < -0.3 is 14.2 Å². The Balaban J connectivity index is 1.19. The normalized spacial score (nSPS) is 18.3. The molecule has 7 heteroatoms. The average molecular weight is 413 g/mol. The molecule has 162 valence electrons. The Kier molecular flexibility index (Phi) is 7.24. The number of urea groups is 1. The van der Waals surface area contributed by atoms with Crippen molar-refractivity contribution in [2.24, 2.45) is 5.92 Å². The van der Waals surface area contributed by atoms with E-state index in [4.69, 9.17) is 9.26 Å². The highest BCUT2D eigenvalue weighted by Crippen LogP contribution is 2.26. The first kappa shape index (κ1) is 20.7. The van der Waals surface area contributed by atoms with Gasteiger partial charge in [-0.15, -0.1) is 0 Å². The summed E-state index contributed by atoms with van der Waals surface area (Å²) in [5.74, 6) is 2.26. The minimum Gasteiger partial charge on any atom is -0.494 e. The molecule has 2 aromatic rings. The van der Waals surface area contributed by atoms with E-state index in [-0.39, 0.29) is 6.03 Å². The molecular formula is C23H32N4O3. The number of nitrogens with zero attached hydrogens (tertiary/aromatic N) is 3. The third-order valence-corrected chi connectivity index (χ3v) is 6.16. The molecule has 2 amide bonds. The Morgan fingerprint density at radius 3 is 2.73 bits per heavy atom. The van der Waals surface area contributed by atoms with Gasteiger partial charge in [0, 0.05) is 38.8 Å². The van der Waals surface area contributed by atoms with Crippen LogP contribution in [0.4, 0.5) is 10.6 Å². The zero-order valence-corrected chi connectivity index (χ0v) is 17.6. The molecule has 0 bridgehead atoms. The van der Waals surface area contributed by atoms with Crippen LogP contribution in [0.25, 0.3) is 0 Å². The molecular weight excluding hydrogens is 380 g/mol. The summed E-state index contributed by atoms with van der Waals surface area (Å²) in [5, 5.41) is 6.48. The van der Waals surface area contributed by atoms with E-state index in [9.17, 15) is 4.79 Å². The maximum atomic E-state index is 12.3. The number of ether oxygens (including phenoxy) is 1. The van der Waals surface area contributed by atoms with Crippen LogP contribution in [0.5, 0.6) is 5.75 Å². The van der Waals surface area contributed by atoms with Crippen LogP contribution in [0.2, 0.25) is 0 Å². The molecule has 2 heterocycles. The third-order valence-electron chi connectivity index (χ3n) is 6.16. The van der Waals surface area contributed by atoms with Crippen LogP contribution >= 0.6 is 0 Å². The number of nitrogens with one attached hydrogen (secondary N) is 1. The minimum atomic E-state index is -0.128. The number of rotatable bonds is 7. The van der Waals surface area contributed by atoms with Gasteiger partial charge in [-0.1, -0.05) is 49.4 Å². The van der Waals surface area contributed by atoms with Gasteiger partial charge in [0.1, 0.15) is 12.0 Å². The molecule has 0 atom stereocenters. The van der Waals surface area contributed by atoms with Crippen LogP contribution < -0.4 is 10.1 Å². The van der Waals surface area contributed by atoms with E-state index in [2.05, 4.69) is 39.6 Å². The second-order valence-electron chi connectivity index (χ2n) is 8.37. The molecule has 4 rings (SSSR count). The summed E-state index contributed by atoms with van der Waals surface area (Å²) < 4.78 is 10.8. The number of benzene rings is 1. The van der Waals surface area contributed by atoms with Gasteiger partial charge in [0.15, 0.2) is 5.82 Å². The lowest BCUT2D eigenvalue weighted by Crippen LogP contribution is -2.49. The summed E-state index contributed by atoms with van der Waals surface area (Å²) in [6.07, 6.45) is 9.52. The minimum absolute atomic E-state index is 0.128. The highest BCUT2D eigenvalue weighted by molar-refractivity contribution is 5.88. The molecule has 0 unspecified atom stereocenters. The number of hydrogen-bond donors (Lipinski definition) is 1. The molecule has 1 saturated carbocycles. The number of anilines is 1. The first-order valence-electron chi connectivity index (χ1n) is 11.2. The number of aromatic nitrogens is 1. The van der Waals surface area contributed by atoms with Gasteiger partial charge in [-0.25, -0.2) is 4.79 Å². The Morgan fingerprint density at radius 1 is 1.13 bits per heavy atom. The Morgan fingerprint density at radius 2 is 1.97 bits per heavy atom. The number of carbonyl (C=O) groups is 1. The summed E-state index contributed by atoms with van der Waals surface area (Å²) in [5.41, 5.74) is 1.26. The molecule has 1 aromatic heterocycles. The molecule has 30 heavy (non-hydrogen) atoms. The zero-order chi connectivity index (χ0) is 20.6. The van der Waals surface area contributed by atoms with Gasteiger partial charge in [0.05, 0.1) is 6.61 Å². The fraction of sp³-hybridized carbons (Fsp3) is 0.565. The molecule has 0 radical (unpaired) electrons. The SMILES string of the molecule is O=C(Nc1ccon1)N1CCN(Cc2cccc(OCCC3CCCCC3)c2)CC1. The molecule has 0 spiro atoms. The predicted octanol–water partition coefficient (Wildman–Crippen LogP) is 4.37. The summed E-state index contributed by atoms with van der Waals surface area (Å²) >= 11 is 0. The fourth-order valence-electron chi connectivity index (χ4n) is 4.39. The van der Waals surface area contributed by atoms with E-state index >= 15 is 0 Å². The number of piperazine rings is 1. The van der Waals surface area contributed by atoms with Crippen molar-refractivity contribution in [1.29, 1.82) is 0 Å². The van der Waals surface area contributed by atoms with Gasteiger partial charge in [0.25, 0.3) is 0 Å². The smallest absolute Gasteiger partial charge is 0.323 e. The fourth-order valence-corrected chi connectivity index (χ4v) is 4.39. The van der Waals surface area contributed by atoms with Gasteiger partial charge in [0.2, 0.25) is 0 Å². The van der Waals surface area contributed by atoms with Crippen LogP contribution in [-0.2, 0) is 6.54 Å². The van der Waals surface area contributed by atoms with Gasteiger partial charge >= 0.3 is 6.03 Å². The van der Waals surface area contributed by atoms with E-state index in [1.54, 1.807) is 6.07 Å². The third kappa shape index (κ3) is 5.98. The van der Waals surface area contributed by atoms with Crippen molar-refractivity contribution in [2.45, 2.75) is 45.1 Å². The monoisotopic (exact) mass is 412 g/mol. The predicted molar refractivity (Wildman–Crippen MR) is 116 cm³/mol. The first-order chi connectivity index (χ1) is 14.8. The molecule has 1 saturated heterocycles. The summed E-state index contributed by atoms with van der Waals surface area (Å²) in [4.78, 5) is 16.5. The maximum Gasteiger partial charge on any atom is 0.323 e. The standard InChI is InChI=1S/C23H32N4O3/c28-23(24-22-10-16-30-25-22)27-13-11-26(12-14-27)18-20-7-4-8-21(17-20)29-15-9-19-5-2-1-3-6-19/h4,7-8,10,16-17,19H,1-3,5-6,9,11-15,18H2,(H,24,25,28). The lowest BCUT2D eigenvalue weighted by atomic mass is 9.87. The largest absolute Gasteiger partial charge is 0.494 e. The van der Waals surface area contributed by atoms with E-state index in [1.807, 2.05) is 4.90 Å². The van der Waals surface area contributed by atoms with Gasteiger partial charge in [-0.3, -0.25) is 10.2 Å². The van der Waals surface area contributed by atoms with Crippen molar-refractivity contribution in [3.05, 3.63) is 42.2 Å². The Labute approximate surface area is 178 Å². The molecule has 1 N–H and O–H groups in total. The highest BCUT2D eigenvalue weighted by atomic mass is 16.5. The molecule has 1 aliphatic heterocycles. The average Bonchev–Trinajstić information content (AvgIpc) is 3.28. The highest BCUT2D eigenvalue weighted by Gasteiger charge is 2.22. The zero-order valence-electron chi connectivity index (χ0n) is 17.6. The van der Waals surface area contributed by atoms with E-state index in [0.717, 1.165) is 37.9 Å². The van der Waals surface area contributed by atoms with Crippen LogP contribution in [0.1, 0.15) is 44.1 Å².